The third-order valence-electron chi connectivity index (χ3n) is 4.76. The SMILES string of the molecule is Cc1ccc(NS(=O)(=O)c2c(C)noc2C)cc1S(=O)(=O)N1CCN(C)CC1. The third kappa shape index (κ3) is 3.93. The topological polar surface area (TPSA) is 113 Å². The van der Waals surface area contributed by atoms with Gasteiger partial charge in [-0.3, -0.25) is 4.72 Å². The van der Waals surface area contributed by atoms with Gasteiger partial charge in [-0.05, 0) is 45.5 Å². The predicted molar refractivity (Wildman–Crippen MR) is 104 cm³/mol. The fourth-order valence-corrected chi connectivity index (χ4v) is 6.23. The average molecular weight is 429 g/mol. The second kappa shape index (κ2) is 7.47. The van der Waals surface area contributed by atoms with Crippen molar-refractivity contribution in [3.05, 3.63) is 35.2 Å². The molecule has 154 valence electrons. The summed E-state index contributed by atoms with van der Waals surface area (Å²) in [6.45, 7) is 6.82. The quantitative estimate of drug-likeness (QED) is 0.764. The van der Waals surface area contributed by atoms with Crippen molar-refractivity contribution in [1.29, 1.82) is 0 Å². The lowest BCUT2D eigenvalue weighted by molar-refractivity contribution is 0.222. The molecule has 9 nitrogen and oxygen atoms in total. The van der Waals surface area contributed by atoms with E-state index in [0.29, 0.717) is 31.7 Å². The molecule has 11 heteroatoms. The van der Waals surface area contributed by atoms with Gasteiger partial charge in [-0.2, -0.15) is 4.31 Å². The first kappa shape index (κ1) is 20.8. The number of nitrogens with zero attached hydrogens (tertiary/aromatic N) is 3. The molecule has 0 aliphatic carbocycles. The van der Waals surface area contributed by atoms with Crippen molar-refractivity contribution < 1.29 is 21.4 Å². The number of likely N-dealkylation sites (N-methyl/N-ethyl adjacent to an activating group) is 1. The van der Waals surface area contributed by atoms with Crippen molar-refractivity contribution in [2.45, 2.75) is 30.6 Å². The first-order chi connectivity index (χ1) is 13.0. The van der Waals surface area contributed by atoms with Crippen LogP contribution in [0, 0.1) is 20.8 Å². The largest absolute Gasteiger partial charge is 0.360 e. The highest BCUT2D eigenvalue weighted by molar-refractivity contribution is 7.92. The van der Waals surface area contributed by atoms with Crippen LogP contribution in [-0.4, -0.2) is 64.4 Å². The van der Waals surface area contributed by atoms with E-state index in [1.165, 1.54) is 30.3 Å². The molecule has 1 aromatic heterocycles. The number of sulfonamides is 2. The lowest BCUT2D eigenvalue weighted by Gasteiger charge is -2.32. The van der Waals surface area contributed by atoms with Gasteiger partial charge < -0.3 is 9.42 Å². The number of aryl methyl sites for hydroxylation is 3. The molecule has 0 radical (unpaired) electrons. The van der Waals surface area contributed by atoms with Gasteiger partial charge in [0.15, 0.2) is 10.7 Å². The van der Waals surface area contributed by atoms with Gasteiger partial charge in [0.25, 0.3) is 10.0 Å². The summed E-state index contributed by atoms with van der Waals surface area (Å²) in [6, 6.07) is 4.49. The van der Waals surface area contributed by atoms with Crippen LogP contribution in [0.5, 0.6) is 0 Å². The maximum atomic E-state index is 13.1. The zero-order chi connectivity index (χ0) is 20.7. The third-order valence-corrected chi connectivity index (χ3v) is 8.42. The molecule has 0 saturated carbocycles. The highest BCUT2D eigenvalue weighted by Gasteiger charge is 2.30. The van der Waals surface area contributed by atoms with Gasteiger partial charge in [-0.25, -0.2) is 16.8 Å². The van der Waals surface area contributed by atoms with E-state index in [1.807, 2.05) is 7.05 Å². The Morgan fingerprint density at radius 3 is 2.25 bits per heavy atom. The van der Waals surface area contributed by atoms with Crippen LogP contribution in [0.4, 0.5) is 5.69 Å². The molecular weight excluding hydrogens is 404 g/mol. The van der Waals surface area contributed by atoms with E-state index in [2.05, 4.69) is 14.8 Å². The minimum Gasteiger partial charge on any atom is -0.360 e. The Bertz CT molecular complexity index is 1070. The highest BCUT2D eigenvalue weighted by Crippen LogP contribution is 2.27. The van der Waals surface area contributed by atoms with Gasteiger partial charge in [0.2, 0.25) is 10.0 Å². The first-order valence-electron chi connectivity index (χ1n) is 8.77. The predicted octanol–water partition coefficient (Wildman–Crippen LogP) is 1.34. The van der Waals surface area contributed by atoms with Crippen molar-refractivity contribution in [3.8, 4) is 0 Å². The average Bonchev–Trinajstić information content (AvgIpc) is 2.96. The van der Waals surface area contributed by atoms with Gasteiger partial charge in [0.1, 0.15) is 5.69 Å². The smallest absolute Gasteiger partial charge is 0.267 e. The van der Waals surface area contributed by atoms with Crippen LogP contribution in [0.2, 0.25) is 0 Å². The molecule has 0 spiro atoms. The number of hydrogen-bond acceptors (Lipinski definition) is 7. The maximum Gasteiger partial charge on any atom is 0.267 e. The second-order valence-electron chi connectivity index (χ2n) is 6.95. The molecule has 0 amide bonds. The Labute approximate surface area is 165 Å². The van der Waals surface area contributed by atoms with Crippen molar-refractivity contribution in [3.63, 3.8) is 0 Å². The van der Waals surface area contributed by atoms with E-state index < -0.39 is 20.0 Å². The number of hydrogen-bond donors (Lipinski definition) is 1. The molecule has 1 fully saturated rings. The monoisotopic (exact) mass is 428 g/mol. The van der Waals surface area contributed by atoms with Gasteiger partial charge in [-0.15, -0.1) is 0 Å². The molecule has 1 saturated heterocycles. The molecular formula is C17H24N4O5S2. The normalized spacial score (nSPS) is 17.0. The Kier molecular flexibility index (Phi) is 5.54. The number of piperazine rings is 1. The molecule has 1 aliphatic rings. The zero-order valence-corrected chi connectivity index (χ0v) is 17.9. The van der Waals surface area contributed by atoms with Crippen LogP contribution in [-0.2, 0) is 20.0 Å². The molecule has 3 rings (SSSR count). The summed E-state index contributed by atoms with van der Waals surface area (Å²) >= 11 is 0. The van der Waals surface area contributed by atoms with Gasteiger partial charge in [0, 0.05) is 26.2 Å². The molecule has 1 N–H and O–H groups in total. The van der Waals surface area contributed by atoms with E-state index in [0.717, 1.165) is 0 Å². The van der Waals surface area contributed by atoms with Gasteiger partial charge in [-0.1, -0.05) is 11.2 Å². The summed E-state index contributed by atoms with van der Waals surface area (Å²) in [6.07, 6.45) is 0. The molecule has 0 atom stereocenters. The lowest BCUT2D eigenvalue weighted by atomic mass is 10.2. The van der Waals surface area contributed by atoms with Crippen molar-refractivity contribution in [1.82, 2.24) is 14.4 Å². The minimum atomic E-state index is -3.96. The Morgan fingerprint density at radius 1 is 1.04 bits per heavy atom. The summed E-state index contributed by atoms with van der Waals surface area (Å²) in [5, 5.41) is 3.66. The van der Waals surface area contributed by atoms with Crippen molar-refractivity contribution >= 4 is 25.7 Å². The number of aromatic nitrogens is 1. The first-order valence-corrected chi connectivity index (χ1v) is 11.7. The van der Waals surface area contributed by atoms with Crippen LogP contribution < -0.4 is 4.72 Å². The van der Waals surface area contributed by atoms with E-state index in [4.69, 9.17) is 4.52 Å². The Balaban J connectivity index is 1.94. The van der Waals surface area contributed by atoms with Crippen LogP contribution in [0.15, 0.2) is 32.5 Å². The molecule has 0 unspecified atom stereocenters. The number of benzene rings is 1. The van der Waals surface area contributed by atoms with E-state index in [-0.39, 0.29) is 26.9 Å². The number of rotatable bonds is 5. The lowest BCUT2D eigenvalue weighted by Crippen LogP contribution is -2.47. The van der Waals surface area contributed by atoms with Gasteiger partial charge in [0.05, 0.1) is 10.6 Å². The van der Waals surface area contributed by atoms with Gasteiger partial charge >= 0.3 is 0 Å². The standard InChI is InChI=1S/C17H24N4O5S2/c1-12-5-6-15(19-27(22,23)17-13(2)18-26-14(17)3)11-16(12)28(24,25)21-9-7-20(4)8-10-21/h5-6,11,19H,7-10H2,1-4H3. The Morgan fingerprint density at radius 2 is 1.68 bits per heavy atom. The summed E-state index contributed by atoms with van der Waals surface area (Å²) in [5.41, 5.74) is 0.958. The molecule has 1 aromatic carbocycles. The minimum absolute atomic E-state index is 0.0449. The fraction of sp³-hybridized carbons (Fsp3) is 0.471. The van der Waals surface area contributed by atoms with Crippen LogP contribution in [0.1, 0.15) is 17.0 Å². The van der Waals surface area contributed by atoms with Crippen molar-refractivity contribution in [2.75, 3.05) is 37.9 Å². The van der Waals surface area contributed by atoms with E-state index in [9.17, 15) is 16.8 Å². The second-order valence-corrected chi connectivity index (χ2v) is 10.5. The van der Waals surface area contributed by atoms with Crippen molar-refractivity contribution in [2.24, 2.45) is 0 Å². The van der Waals surface area contributed by atoms with Crippen LogP contribution in [0.25, 0.3) is 0 Å². The molecule has 2 heterocycles. The van der Waals surface area contributed by atoms with Crippen LogP contribution >= 0.6 is 0 Å². The number of nitrogens with one attached hydrogen (secondary N) is 1. The fourth-order valence-electron chi connectivity index (χ4n) is 3.17. The number of anilines is 1. The summed E-state index contributed by atoms with van der Waals surface area (Å²) in [7, 11) is -5.74. The Hall–Kier alpha value is -1.95. The molecule has 1 aliphatic heterocycles. The maximum absolute atomic E-state index is 13.1. The van der Waals surface area contributed by atoms with E-state index in [1.54, 1.807) is 13.0 Å². The van der Waals surface area contributed by atoms with E-state index >= 15 is 0 Å². The zero-order valence-electron chi connectivity index (χ0n) is 16.3. The molecule has 2 aromatic rings. The molecule has 28 heavy (non-hydrogen) atoms. The summed E-state index contributed by atoms with van der Waals surface area (Å²) < 4.78 is 60.4. The summed E-state index contributed by atoms with van der Waals surface area (Å²) in [5.74, 6) is 0.169. The van der Waals surface area contributed by atoms with Crippen LogP contribution in [0.3, 0.4) is 0 Å². The summed E-state index contributed by atoms with van der Waals surface area (Å²) in [4.78, 5) is 2.11. The molecule has 0 bridgehead atoms. The highest BCUT2D eigenvalue weighted by atomic mass is 32.2.